The number of piperidine rings is 1. The summed E-state index contributed by atoms with van der Waals surface area (Å²) in [6.07, 6.45) is 3.94. The van der Waals surface area contributed by atoms with E-state index < -0.39 is 0 Å². The van der Waals surface area contributed by atoms with Crippen LogP contribution < -0.4 is 20.9 Å². The van der Waals surface area contributed by atoms with Gasteiger partial charge in [0.1, 0.15) is 5.52 Å². The van der Waals surface area contributed by atoms with Crippen LogP contribution in [0.15, 0.2) is 36.5 Å². The molecule has 0 amide bonds. The van der Waals surface area contributed by atoms with Gasteiger partial charge < -0.3 is 25.8 Å². The molecule has 2 fully saturated rings. The van der Waals surface area contributed by atoms with E-state index >= 15 is 0 Å². The predicted molar refractivity (Wildman–Crippen MR) is 156 cm³/mol. The number of aromatic nitrogens is 6. The van der Waals surface area contributed by atoms with Gasteiger partial charge in [0.15, 0.2) is 17.2 Å². The molecular formula is C28H39N11. The van der Waals surface area contributed by atoms with Gasteiger partial charge in [-0.3, -0.25) is 5.10 Å². The van der Waals surface area contributed by atoms with Crippen molar-refractivity contribution in [3.8, 4) is 5.69 Å². The van der Waals surface area contributed by atoms with E-state index in [9.17, 15) is 0 Å². The minimum Gasteiger partial charge on any atom is -0.364 e. The molecule has 39 heavy (non-hydrogen) atoms. The van der Waals surface area contributed by atoms with Gasteiger partial charge in [-0.2, -0.15) is 15.2 Å². The van der Waals surface area contributed by atoms with Crippen molar-refractivity contribution in [2.75, 3.05) is 61.4 Å². The average molecular weight is 530 g/mol. The maximum atomic E-state index is 6.16. The molecule has 0 unspecified atom stereocenters. The monoisotopic (exact) mass is 529 g/mol. The highest BCUT2D eigenvalue weighted by molar-refractivity contribution is 5.88. The molecule has 11 nitrogen and oxygen atoms in total. The van der Waals surface area contributed by atoms with Crippen LogP contribution in [0.3, 0.4) is 0 Å². The van der Waals surface area contributed by atoms with Gasteiger partial charge in [0.05, 0.1) is 11.4 Å². The minimum absolute atomic E-state index is 0.248. The largest absolute Gasteiger partial charge is 0.364 e. The quantitative estimate of drug-likeness (QED) is 0.332. The first-order valence-electron chi connectivity index (χ1n) is 14.0. The fourth-order valence-electron chi connectivity index (χ4n) is 5.39. The lowest BCUT2D eigenvalue weighted by atomic mass is 10.1. The molecular weight excluding hydrogens is 490 g/mol. The van der Waals surface area contributed by atoms with E-state index in [-0.39, 0.29) is 12.0 Å². The average Bonchev–Trinajstić information content (AvgIpc) is 3.61. The molecule has 4 N–H and O–H groups in total. The van der Waals surface area contributed by atoms with E-state index in [2.05, 4.69) is 87.6 Å². The third-order valence-corrected chi connectivity index (χ3v) is 7.90. The van der Waals surface area contributed by atoms with E-state index in [1.165, 1.54) is 0 Å². The number of rotatable bonds is 7. The normalized spacial score (nSPS) is 17.5. The Hall–Kier alpha value is -3.70. The zero-order valence-corrected chi connectivity index (χ0v) is 23.1. The molecule has 2 aliphatic heterocycles. The van der Waals surface area contributed by atoms with Gasteiger partial charge in [-0.05, 0) is 37.4 Å². The smallest absolute Gasteiger partial charge is 0.228 e. The molecule has 5 heterocycles. The van der Waals surface area contributed by atoms with E-state index in [0.717, 1.165) is 97.7 Å². The summed E-state index contributed by atoms with van der Waals surface area (Å²) in [5.74, 6) is 2.77. The highest BCUT2D eigenvalue weighted by Crippen LogP contribution is 2.29. The van der Waals surface area contributed by atoms with Gasteiger partial charge in [0.2, 0.25) is 5.95 Å². The summed E-state index contributed by atoms with van der Waals surface area (Å²) in [4.78, 5) is 16.9. The number of fused-ring (bicyclic) bond motifs is 1. The maximum Gasteiger partial charge on any atom is 0.228 e. The number of nitrogens with two attached hydrogens (primary N) is 1. The number of hydrogen-bond donors (Lipinski definition) is 3. The fourth-order valence-corrected chi connectivity index (χ4v) is 5.39. The SMILES string of the molecule is CC(C)c1[nH]nc2c(NCc3ccccc3-n3ccc(N4CCN(C)CC4)n3)nc(N3CCC(N)CC3)nc12. The molecule has 11 heteroatoms. The Morgan fingerprint density at radius 2 is 1.74 bits per heavy atom. The number of H-pyrrole nitrogens is 1. The summed E-state index contributed by atoms with van der Waals surface area (Å²) in [6.45, 7) is 10.7. The van der Waals surface area contributed by atoms with Crippen LogP contribution in [0.25, 0.3) is 16.7 Å². The number of nitrogens with zero attached hydrogens (tertiary/aromatic N) is 8. The zero-order valence-electron chi connectivity index (χ0n) is 23.1. The van der Waals surface area contributed by atoms with Crippen molar-refractivity contribution in [3.05, 3.63) is 47.8 Å². The summed E-state index contributed by atoms with van der Waals surface area (Å²) in [7, 11) is 2.17. The second-order valence-electron chi connectivity index (χ2n) is 11.1. The van der Waals surface area contributed by atoms with Crippen molar-refractivity contribution in [3.63, 3.8) is 0 Å². The third-order valence-electron chi connectivity index (χ3n) is 7.90. The number of nitrogens with one attached hydrogen (secondary N) is 2. The second-order valence-corrected chi connectivity index (χ2v) is 11.1. The molecule has 0 atom stereocenters. The van der Waals surface area contributed by atoms with Gasteiger partial charge in [0.25, 0.3) is 0 Å². The van der Waals surface area contributed by atoms with Gasteiger partial charge >= 0.3 is 0 Å². The molecule has 3 aromatic heterocycles. The van der Waals surface area contributed by atoms with Crippen molar-refractivity contribution >= 4 is 28.6 Å². The highest BCUT2D eigenvalue weighted by atomic mass is 15.4. The van der Waals surface area contributed by atoms with Crippen molar-refractivity contribution in [1.82, 2.24) is 34.8 Å². The molecule has 0 aliphatic carbocycles. The van der Waals surface area contributed by atoms with Gasteiger partial charge in [-0.25, -0.2) is 9.67 Å². The van der Waals surface area contributed by atoms with Crippen LogP contribution in [0, 0.1) is 0 Å². The van der Waals surface area contributed by atoms with Crippen LogP contribution in [0.4, 0.5) is 17.6 Å². The van der Waals surface area contributed by atoms with E-state index in [1.807, 2.05) is 4.68 Å². The number of piperazine rings is 1. The predicted octanol–water partition coefficient (Wildman–Crippen LogP) is 2.95. The number of aromatic amines is 1. The first-order chi connectivity index (χ1) is 19.0. The number of benzene rings is 1. The van der Waals surface area contributed by atoms with E-state index in [4.69, 9.17) is 20.8 Å². The van der Waals surface area contributed by atoms with Crippen LogP contribution in [0.5, 0.6) is 0 Å². The Bertz CT molecular complexity index is 1410. The lowest BCUT2D eigenvalue weighted by molar-refractivity contribution is 0.312. The standard InChI is InChI=1S/C28H39N11/c1-19(2)24-25-26(34-33-24)27(32-28(31-25)38-11-8-21(29)9-12-38)30-18-20-6-4-5-7-22(20)39-13-10-23(35-39)37-16-14-36(3)15-17-37/h4-7,10,13,19,21H,8-9,11-12,14-18,29H2,1-3H3,(H,33,34)(H,30,31,32). The zero-order chi connectivity index (χ0) is 26.9. The van der Waals surface area contributed by atoms with Crippen LogP contribution in [0.1, 0.15) is 43.9 Å². The molecule has 0 spiro atoms. The van der Waals surface area contributed by atoms with Gasteiger partial charge in [0, 0.05) is 64.1 Å². The first kappa shape index (κ1) is 25.6. The van der Waals surface area contributed by atoms with Gasteiger partial charge in [-0.15, -0.1) is 0 Å². The Morgan fingerprint density at radius 1 is 0.974 bits per heavy atom. The highest BCUT2D eigenvalue weighted by Gasteiger charge is 2.23. The number of hydrogen-bond acceptors (Lipinski definition) is 9. The van der Waals surface area contributed by atoms with Gasteiger partial charge in [-0.1, -0.05) is 32.0 Å². The van der Waals surface area contributed by atoms with Crippen LogP contribution >= 0.6 is 0 Å². The molecule has 6 rings (SSSR count). The number of para-hydroxylation sites is 1. The lowest BCUT2D eigenvalue weighted by Crippen LogP contribution is -2.44. The Kier molecular flexibility index (Phi) is 7.09. The molecule has 0 saturated carbocycles. The Morgan fingerprint density at radius 3 is 2.51 bits per heavy atom. The summed E-state index contributed by atoms with van der Waals surface area (Å²) in [5, 5.41) is 16.3. The number of anilines is 3. The molecule has 2 aliphatic rings. The maximum absolute atomic E-state index is 6.16. The minimum atomic E-state index is 0.248. The van der Waals surface area contributed by atoms with Crippen LogP contribution in [-0.4, -0.2) is 87.2 Å². The topological polar surface area (TPSA) is 120 Å². The van der Waals surface area contributed by atoms with Crippen molar-refractivity contribution in [2.45, 2.75) is 45.2 Å². The molecule has 4 aromatic rings. The summed E-state index contributed by atoms with van der Waals surface area (Å²) in [5.41, 5.74) is 11.0. The summed E-state index contributed by atoms with van der Waals surface area (Å²) < 4.78 is 1.98. The molecule has 1 aromatic carbocycles. The van der Waals surface area contributed by atoms with E-state index in [1.54, 1.807) is 0 Å². The molecule has 206 valence electrons. The molecule has 2 saturated heterocycles. The Balaban J connectivity index is 1.27. The van der Waals surface area contributed by atoms with Crippen molar-refractivity contribution in [2.24, 2.45) is 5.73 Å². The van der Waals surface area contributed by atoms with E-state index in [0.29, 0.717) is 6.54 Å². The molecule has 0 bridgehead atoms. The second kappa shape index (κ2) is 10.8. The lowest BCUT2D eigenvalue weighted by Gasteiger charge is -2.32. The van der Waals surface area contributed by atoms with Crippen LogP contribution in [-0.2, 0) is 6.54 Å². The van der Waals surface area contributed by atoms with Crippen molar-refractivity contribution in [1.29, 1.82) is 0 Å². The summed E-state index contributed by atoms with van der Waals surface area (Å²) >= 11 is 0. The van der Waals surface area contributed by atoms with Crippen LogP contribution in [0.2, 0.25) is 0 Å². The fraction of sp³-hybridized carbons (Fsp3) is 0.500. The van der Waals surface area contributed by atoms with Crippen molar-refractivity contribution < 1.29 is 0 Å². The third kappa shape index (κ3) is 5.28. The first-order valence-corrected chi connectivity index (χ1v) is 14.0. The number of likely N-dealkylation sites (N-methyl/N-ethyl adjacent to an activating group) is 1. The molecule has 0 radical (unpaired) electrons. The Labute approximate surface area is 229 Å². The summed E-state index contributed by atoms with van der Waals surface area (Å²) in [6, 6.07) is 10.7.